The Hall–Kier alpha value is -3.22. The van der Waals surface area contributed by atoms with Gasteiger partial charge in [-0.25, -0.2) is 4.79 Å². The summed E-state index contributed by atoms with van der Waals surface area (Å²) < 4.78 is 16.2. The van der Waals surface area contributed by atoms with E-state index in [-0.39, 0.29) is 12.5 Å². The normalized spacial score (nSPS) is 12.2. The van der Waals surface area contributed by atoms with Crippen molar-refractivity contribution in [3.05, 3.63) is 53.6 Å². The number of anilines is 1. The van der Waals surface area contributed by atoms with Crippen LogP contribution in [0.15, 0.2) is 42.5 Å². The molecule has 0 fully saturated rings. The maximum atomic E-state index is 12.3. The summed E-state index contributed by atoms with van der Waals surface area (Å²) in [6.45, 7) is 1.10. The van der Waals surface area contributed by atoms with Crippen molar-refractivity contribution in [2.75, 3.05) is 39.2 Å². The largest absolute Gasteiger partial charge is 0.486 e. The third-order valence-electron chi connectivity index (χ3n) is 4.20. The van der Waals surface area contributed by atoms with Gasteiger partial charge in [0, 0.05) is 26.3 Å². The third kappa shape index (κ3) is 4.49. The summed E-state index contributed by atoms with van der Waals surface area (Å²) in [7, 11) is 3.38. The number of amides is 1. The molecule has 142 valence electrons. The van der Waals surface area contributed by atoms with Gasteiger partial charge in [-0.2, -0.15) is 0 Å². The van der Waals surface area contributed by atoms with Crippen LogP contribution in [0, 0.1) is 0 Å². The van der Waals surface area contributed by atoms with Gasteiger partial charge in [-0.15, -0.1) is 0 Å². The summed E-state index contributed by atoms with van der Waals surface area (Å²) in [5.41, 5.74) is 1.95. The molecule has 3 rings (SSSR count). The number of nitrogens with zero attached hydrogens (tertiary/aromatic N) is 1. The van der Waals surface area contributed by atoms with Crippen LogP contribution in [0.3, 0.4) is 0 Å². The van der Waals surface area contributed by atoms with Crippen LogP contribution in [0.5, 0.6) is 11.5 Å². The number of hydrogen-bond donors (Lipinski definition) is 1. The van der Waals surface area contributed by atoms with Crippen molar-refractivity contribution in [2.45, 2.75) is 6.54 Å². The van der Waals surface area contributed by atoms with E-state index in [0.29, 0.717) is 42.5 Å². The van der Waals surface area contributed by atoms with Gasteiger partial charge in [0.1, 0.15) is 13.2 Å². The van der Waals surface area contributed by atoms with E-state index in [1.165, 1.54) is 4.90 Å². The van der Waals surface area contributed by atoms with Crippen molar-refractivity contribution in [2.24, 2.45) is 0 Å². The van der Waals surface area contributed by atoms with E-state index < -0.39 is 5.97 Å². The Labute approximate surface area is 157 Å². The van der Waals surface area contributed by atoms with Gasteiger partial charge in [0.2, 0.25) is 0 Å². The van der Waals surface area contributed by atoms with Crippen LogP contribution in [0.4, 0.5) is 5.69 Å². The van der Waals surface area contributed by atoms with Crippen LogP contribution < -0.4 is 14.8 Å². The van der Waals surface area contributed by atoms with Crippen LogP contribution in [0.2, 0.25) is 0 Å². The van der Waals surface area contributed by atoms with E-state index in [0.717, 1.165) is 5.56 Å². The van der Waals surface area contributed by atoms with Crippen LogP contribution in [0.25, 0.3) is 0 Å². The monoisotopic (exact) mass is 370 g/mol. The van der Waals surface area contributed by atoms with Crippen molar-refractivity contribution in [3.63, 3.8) is 0 Å². The molecule has 1 N–H and O–H groups in total. The Morgan fingerprint density at radius 2 is 1.85 bits per heavy atom. The van der Waals surface area contributed by atoms with Gasteiger partial charge in [0.05, 0.1) is 5.56 Å². The second kappa shape index (κ2) is 8.44. The number of carbonyl (C=O) groups excluding carboxylic acids is 2. The lowest BCUT2D eigenvalue weighted by Gasteiger charge is -2.21. The number of nitrogens with one attached hydrogen (secondary N) is 1. The SMILES string of the molecule is CNc1ccccc1C(=O)OCC(=O)N(C)Cc1ccc2c(c1)OCCO2. The maximum Gasteiger partial charge on any atom is 0.340 e. The van der Waals surface area contributed by atoms with E-state index in [2.05, 4.69) is 5.32 Å². The minimum atomic E-state index is -0.541. The Kier molecular flexibility index (Phi) is 5.80. The predicted molar refractivity (Wildman–Crippen MR) is 100 cm³/mol. The summed E-state index contributed by atoms with van der Waals surface area (Å²) in [6.07, 6.45) is 0. The second-order valence-electron chi connectivity index (χ2n) is 6.10. The van der Waals surface area contributed by atoms with Gasteiger partial charge in [0.25, 0.3) is 5.91 Å². The first kappa shape index (κ1) is 18.6. The summed E-state index contributed by atoms with van der Waals surface area (Å²) in [6, 6.07) is 12.5. The van der Waals surface area contributed by atoms with Gasteiger partial charge >= 0.3 is 5.97 Å². The minimum absolute atomic E-state index is 0.292. The molecule has 2 aromatic carbocycles. The number of fused-ring (bicyclic) bond motifs is 1. The van der Waals surface area contributed by atoms with Crippen LogP contribution in [-0.4, -0.2) is 50.7 Å². The maximum absolute atomic E-state index is 12.3. The van der Waals surface area contributed by atoms with Crippen molar-refractivity contribution >= 4 is 17.6 Å². The summed E-state index contributed by atoms with van der Waals surface area (Å²) in [5.74, 6) is 0.548. The van der Waals surface area contributed by atoms with Crippen molar-refractivity contribution in [1.29, 1.82) is 0 Å². The zero-order valence-corrected chi connectivity index (χ0v) is 15.4. The molecule has 0 spiro atoms. The molecular weight excluding hydrogens is 348 g/mol. The lowest BCUT2D eigenvalue weighted by Crippen LogP contribution is -2.31. The Bertz CT molecular complexity index is 837. The van der Waals surface area contributed by atoms with Gasteiger partial charge in [0.15, 0.2) is 18.1 Å². The molecule has 1 amide bonds. The smallest absolute Gasteiger partial charge is 0.340 e. The van der Waals surface area contributed by atoms with E-state index in [9.17, 15) is 9.59 Å². The number of para-hydroxylation sites is 1. The summed E-state index contributed by atoms with van der Waals surface area (Å²) >= 11 is 0. The molecule has 0 radical (unpaired) electrons. The number of rotatable bonds is 6. The summed E-state index contributed by atoms with van der Waals surface area (Å²) in [4.78, 5) is 26.0. The van der Waals surface area contributed by atoms with Gasteiger partial charge in [-0.05, 0) is 29.8 Å². The van der Waals surface area contributed by atoms with Gasteiger partial charge in [-0.1, -0.05) is 18.2 Å². The number of likely N-dealkylation sites (N-methyl/N-ethyl adjacent to an activating group) is 1. The number of esters is 1. The highest BCUT2D eigenvalue weighted by atomic mass is 16.6. The first-order chi connectivity index (χ1) is 13.1. The van der Waals surface area contributed by atoms with Crippen LogP contribution in [-0.2, 0) is 16.1 Å². The zero-order chi connectivity index (χ0) is 19.2. The van der Waals surface area contributed by atoms with E-state index >= 15 is 0 Å². The minimum Gasteiger partial charge on any atom is -0.486 e. The summed E-state index contributed by atoms with van der Waals surface area (Å²) in [5, 5.41) is 2.93. The van der Waals surface area contributed by atoms with E-state index in [1.807, 2.05) is 24.3 Å². The fourth-order valence-electron chi connectivity index (χ4n) is 2.74. The van der Waals surface area contributed by atoms with Crippen LogP contribution in [0.1, 0.15) is 15.9 Å². The Morgan fingerprint density at radius 3 is 2.63 bits per heavy atom. The fourth-order valence-corrected chi connectivity index (χ4v) is 2.74. The first-order valence-corrected chi connectivity index (χ1v) is 8.65. The van der Waals surface area contributed by atoms with Crippen molar-refractivity contribution < 1.29 is 23.8 Å². The quantitative estimate of drug-likeness (QED) is 0.787. The molecule has 27 heavy (non-hydrogen) atoms. The average molecular weight is 370 g/mol. The molecule has 0 saturated carbocycles. The Balaban J connectivity index is 1.55. The number of ether oxygens (including phenoxy) is 3. The highest BCUT2D eigenvalue weighted by Gasteiger charge is 2.17. The van der Waals surface area contributed by atoms with Crippen molar-refractivity contribution in [3.8, 4) is 11.5 Å². The second-order valence-corrected chi connectivity index (χ2v) is 6.10. The van der Waals surface area contributed by atoms with Crippen LogP contribution >= 0.6 is 0 Å². The van der Waals surface area contributed by atoms with E-state index in [4.69, 9.17) is 14.2 Å². The standard InChI is InChI=1S/C20H22N2O5/c1-21-16-6-4-3-5-15(16)20(24)27-13-19(23)22(2)12-14-7-8-17-18(11-14)26-10-9-25-17/h3-8,11,21H,9-10,12-13H2,1-2H3. The molecule has 7 heteroatoms. The molecule has 1 heterocycles. The molecule has 0 aliphatic carbocycles. The van der Waals surface area contributed by atoms with Crippen molar-refractivity contribution in [1.82, 2.24) is 4.90 Å². The highest BCUT2D eigenvalue weighted by molar-refractivity contribution is 5.96. The molecule has 0 aromatic heterocycles. The zero-order valence-electron chi connectivity index (χ0n) is 15.4. The predicted octanol–water partition coefficient (Wildman–Crippen LogP) is 2.31. The first-order valence-electron chi connectivity index (χ1n) is 8.65. The topological polar surface area (TPSA) is 77.1 Å². The molecule has 0 unspecified atom stereocenters. The number of hydrogen-bond acceptors (Lipinski definition) is 6. The molecule has 7 nitrogen and oxygen atoms in total. The van der Waals surface area contributed by atoms with Gasteiger partial charge < -0.3 is 24.4 Å². The lowest BCUT2D eigenvalue weighted by atomic mass is 10.2. The molecule has 1 aliphatic heterocycles. The highest BCUT2D eigenvalue weighted by Crippen LogP contribution is 2.31. The molecule has 0 saturated heterocycles. The number of carbonyl (C=O) groups is 2. The Morgan fingerprint density at radius 1 is 1.11 bits per heavy atom. The third-order valence-corrected chi connectivity index (χ3v) is 4.20. The van der Waals surface area contributed by atoms with E-state index in [1.54, 1.807) is 32.3 Å². The van der Waals surface area contributed by atoms with Gasteiger partial charge in [-0.3, -0.25) is 4.79 Å². The fraction of sp³-hybridized carbons (Fsp3) is 0.300. The molecule has 0 bridgehead atoms. The number of benzene rings is 2. The molecule has 0 atom stereocenters. The molecule has 2 aromatic rings. The lowest BCUT2D eigenvalue weighted by molar-refractivity contribution is -0.133. The average Bonchev–Trinajstić information content (AvgIpc) is 2.71. The molecule has 1 aliphatic rings. The molecular formula is C20H22N2O5.